The number of ketones is 1. The van der Waals surface area contributed by atoms with Gasteiger partial charge in [-0.1, -0.05) is 27.6 Å². The second-order valence-corrected chi connectivity index (χ2v) is 7.70. The van der Waals surface area contributed by atoms with Crippen LogP contribution in [0.1, 0.15) is 42.1 Å². The van der Waals surface area contributed by atoms with Crippen LogP contribution in [0, 0.1) is 6.92 Å². The predicted octanol–water partition coefficient (Wildman–Crippen LogP) is 3.10. The zero-order valence-electron chi connectivity index (χ0n) is 12.9. The number of amides is 1. The Morgan fingerprint density at radius 2 is 2.05 bits per heavy atom. The molecule has 4 nitrogen and oxygen atoms in total. The monoisotopic (exact) mass is 365 g/mol. The van der Waals surface area contributed by atoms with E-state index in [1.54, 1.807) is 0 Å². The van der Waals surface area contributed by atoms with Gasteiger partial charge in [-0.05, 0) is 26.0 Å². The van der Waals surface area contributed by atoms with Gasteiger partial charge in [0.1, 0.15) is 11.4 Å². The van der Waals surface area contributed by atoms with E-state index >= 15 is 0 Å². The first-order valence-electron chi connectivity index (χ1n) is 7.66. The second-order valence-electron chi connectivity index (χ2n) is 6.33. The standard InChI is InChI=1S/C17H20BrNO3/c1-11-3-4-15-13(9-11)14(20)10-17(22-15)5-7-19(8-6-17)16(21)12(2)18/h3-4,9,12H,5-8,10H2,1-2H3. The molecular formula is C17H20BrNO3. The Morgan fingerprint density at radius 1 is 1.36 bits per heavy atom. The van der Waals surface area contributed by atoms with Gasteiger partial charge in [0, 0.05) is 25.9 Å². The molecule has 0 bridgehead atoms. The maximum absolute atomic E-state index is 12.5. The number of Topliss-reactive ketones (excluding diaryl/α,β-unsaturated/α-hetero) is 1. The summed E-state index contributed by atoms with van der Waals surface area (Å²) in [6.07, 6.45) is 1.82. The molecule has 1 aromatic carbocycles. The van der Waals surface area contributed by atoms with Crippen molar-refractivity contribution in [3.63, 3.8) is 0 Å². The van der Waals surface area contributed by atoms with E-state index in [0.29, 0.717) is 43.7 Å². The molecule has 22 heavy (non-hydrogen) atoms. The number of halogens is 1. The zero-order valence-corrected chi connectivity index (χ0v) is 14.5. The quantitative estimate of drug-likeness (QED) is 0.718. The smallest absolute Gasteiger partial charge is 0.236 e. The maximum Gasteiger partial charge on any atom is 0.236 e. The number of alkyl halides is 1. The van der Waals surface area contributed by atoms with Gasteiger partial charge in [-0.15, -0.1) is 0 Å². The van der Waals surface area contributed by atoms with Crippen LogP contribution in [0.3, 0.4) is 0 Å². The van der Waals surface area contributed by atoms with Gasteiger partial charge in [-0.2, -0.15) is 0 Å². The average molecular weight is 366 g/mol. The summed E-state index contributed by atoms with van der Waals surface area (Å²) >= 11 is 3.32. The molecule has 2 heterocycles. The molecular weight excluding hydrogens is 346 g/mol. The first-order chi connectivity index (χ1) is 10.4. The molecule has 1 amide bonds. The molecule has 1 saturated heterocycles. The molecule has 5 heteroatoms. The summed E-state index contributed by atoms with van der Waals surface area (Å²) in [5.41, 5.74) is 1.32. The summed E-state index contributed by atoms with van der Waals surface area (Å²) in [6.45, 7) is 5.10. The predicted molar refractivity (Wildman–Crippen MR) is 87.7 cm³/mol. The van der Waals surface area contributed by atoms with Crippen LogP contribution in [0.2, 0.25) is 0 Å². The van der Waals surface area contributed by atoms with Gasteiger partial charge in [0.2, 0.25) is 5.91 Å². The number of benzene rings is 1. The van der Waals surface area contributed by atoms with Gasteiger partial charge in [-0.3, -0.25) is 9.59 Å². The van der Waals surface area contributed by atoms with E-state index in [4.69, 9.17) is 4.74 Å². The number of fused-ring (bicyclic) bond motifs is 1. The van der Waals surface area contributed by atoms with Crippen molar-refractivity contribution in [2.75, 3.05) is 13.1 Å². The minimum atomic E-state index is -0.439. The molecule has 1 fully saturated rings. The number of carbonyl (C=O) groups is 2. The van der Waals surface area contributed by atoms with E-state index in [2.05, 4.69) is 15.9 Å². The van der Waals surface area contributed by atoms with Gasteiger partial charge >= 0.3 is 0 Å². The Balaban J connectivity index is 1.76. The summed E-state index contributed by atoms with van der Waals surface area (Å²) in [6, 6.07) is 5.76. The molecule has 0 aliphatic carbocycles. The SMILES string of the molecule is Cc1ccc2c(c1)C(=O)CC1(CCN(C(=O)C(C)Br)CC1)O2. The lowest BCUT2D eigenvalue weighted by Gasteiger charge is -2.44. The summed E-state index contributed by atoms with van der Waals surface area (Å²) in [5.74, 6) is 0.946. The summed E-state index contributed by atoms with van der Waals surface area (Å²) < 4.78 is 6.20. The van der Waals surface area contributed by atoms with Crippen LogP contribution < -0.4 is 4.74 Å². The lowest BCUT2D eigenvalue weighted by Crippen LogP contribution is -2.53. The minimum absolute atomic E-state index is 0.105. The molecule has 1 unspecified atom stereocenters. The van der Waals surface area contributed by atoms with Crippen LogP contribution in [0.4, 0.5) is 0 Å². The van der Waals surface area contributed by atoms with Crippen molar-refractivity contribution in [3.05, 3.63) is 29.3 Å². The Morgan fingerprint density at radius 3 is 2.68 bits per heavy atom. The van der Waals surface area contributed by atoms with E-state index in [-0.39, 0.29) is 16.5 Å². The minimum Gasteiger partial charge on any atom is -0.486 e. The van der Waals surface area contributed by atoms with Gasteiger partial charge in [-0.25, -0.2) is 0 Å². The van der Waals surface area contributed by atoms with Crippen LogP contribution in [-0.4, -0.2) is 40.1 Å². The van der Waals surface area contributed by atoms with Gasteiger partial charge < -0.3 is 9.64 Å². The fraction of sp³-hybridized carbons (Fsp3) is 0.529. The van der Waals surface area contributed by atoms with E-state index in [1.807, 2.05) is 36.9 Å². The molecule has 1 aromatic rings. The van der Waals surface area contributed by atoms with E-state index in [9.17, 15) is 9.59 Å². The molecule has 118 valence electrons. The molecule has 3 rings (SSSR count). The number of hydrogen-bond acceptors (Lipinski definition) is 3. The lowest BCUT2D eigenvalue weighted by atomic mass is 9.82. The number of piperidine rings is 1. The topological polar surface area (TPSA) is 46.6 Å². The van der Waals surface area contributed by atoms with Gasteiger partial charge in [0.25, 0.3) is 0 Å². The highest BCUT2D eigenvalue weighted by Crippen LogP contribution is 2.39. The summed E-state index contributed by atoms with van der Waals surface area (Å²) in [5, 5.41) is 0. The van der Waals surface area contributed by atoms with Crippen molar-refractivity contribution in [2.24, 2.45) is 0 Å². The number of rotatable bonds is 1. The van der Waals surface area contributed by atoms with E-state index in [1.165, 1.54) is 0 Å². The molecule has 1 spiro atoms. The first kappa shape index (κ1) is 15.5. The molecule has 0 saturated carbocycles. The Bertz CT molecular complexity index is 618. The van der Waals surface area contributed by atoms with Crippen molar-refractivity contribution in [2.45, 2.75) is 43.5 Å². The van der Waals surface area contributed by atoms with Crippen LogP contribution in [-0.2, 0) is 4.79 Å². The highest BCUT2D eigenvalue weighted by atomic mass is 79.9. The van der Waals surface area contributed by atoms with Crippen LogP contribution >= 0.6 is 15.9 Å². The molecule has 0 N–H and O–H groups in total. The third-order valence-electron chi connectivity index (χ3n) is 4.57. The molecule has 1 atom stereocenters. The van der Waals surface area contributed by atoms with Crippen LogP contribution in [0.15, 0.2) is 18.2 Å². The van der Waals surface area contributed by atoms with Crippen molar-refractivity contribution in [1.82, 2.24) is 4.90 Å². The number of likely N-dealkylation sites (tertiary alicyclic amines) is 1. The maximum atomic E-state index is 12.5. The van der Waals surface area contributed by atoms with Gasteiger partial charge in [0.15, 0.2) is 5.78 Å². The Hall–Kier alpha value is -1.36. The number of nitrogens with zero attached hydrogens (tertiary/aromatic N) is 1. The number of carbonyl (C=O) groups excluding carboxylic acids is 2. The largest absolute Gasteiger partial charge is 0.486 e. The molecule has 2 aliphatic rings. The zero-order chi connectivity index (χ0) is 15.9. The van der Waals surface area contributed by atoms with Crippen molar-refractivity contribution >= 4 is 27.6 Å². The highest BCUT2D eigenvalue weighted by Gasteiger charge is 2.43. The molecule has 0 aromatic heterocycles. The normalized spacial score (nSPS) is 21.2. The highest BCUT2D eigenvalue weighted by molar-refractivity contribution is 9.10. The number of aryl methyl sites for hydroxylation is 1. The fourth-order valence-corrected chi connectivity index (χ4v) is 3.56. The fourth-order valence-electron chi connectivity index (χ4n) is 3.27. The van der Waals surface area contributed by atoms with Crippen molar-refractivity contribution in [3.8, 4) is 5.75 Å². The summed E-state index contributed by atoms with van der Waals surface area (Å²) in [7, 11) is 0. The van der Waals surface area contributed by atoms with Crippen LogP contribution in [0.5, 0.6) is 5.75 Å². The molecule has 0 radical (unpaired) electrons. The van der Waals surface area contributed by atoms with Gasteiger partial charge in [0.05, 0.1) is 16.8 Å². The second kappa shape index (κ2) is 5.69. The molecule has 2 aliphatic heterocycles. The number of hydrogen-bond donors (Lipinski definition) is 0. The van der Waals surface area contributed by atoms with E-state index in [0.717, 1.165) is 5.56 Å². The van der Waals surface area contributed by atoms with Crippen LogP contribution in [0.25, 0.3) is 0 Å². The lowest BCUT2D eigenvalue weighted by molar-refractivity contribution is -0.133. The third kappa shape index (κ3) is 2.78. The Labute approximate surface area is 138 Å². The van der Waals surface area contributed by atoms with Crippen molar-refractivity contribution in [1.29, 1.82) is 0 Å². The van der Waals surface area contributed by atoms with Crippen molar-refractivity contribution < 1.29 is 14.3 Å². The first-order valence-corrected chi connectivity index (χ1v) is 8.57. The number of ether oxygens (including phenoxy) is 1. The third-order valence-corrected chi connectivity index (χ3v) is 4.96. The van der Waals surface area contributed by atoms with E-state index < -0.39 is 5.60 Å². The Kier molecular flexibility index (Phi) is 4.02. The average Bonchev–Trinajstić information content (AvgIpc) is 2.48. The summed E-state index contributed by atoms with van der Waals surface area (Å²) in [4.78, 5) is 26.2.